The molecule has 0 bridgehead atoms. The molecule has 0 saturated carbocycles. The number of aryl methyl sites for hydroxylation is 2. The van der Waals surface area contributed by atoms with Gasteiger partial charge in [-0.2, -0.15) is 0 Å². The van der Waals surface area contributed by atoms with Crippen molar-refractivity contribution < 1.29 is 42.1 Å². The molecule has 3 nitrogen and oxygen atoms in total. The van der Waals surface area contributed by atoms with Crippen molar-refractivity contribution in [3.8, 4) is 0 Å². The van der Waals surface area contributed by atoms with Crippen LogP contribution in [0.3, 0.4) is 0 Å². The molecule has 1 aliphatic rings. The number of aromatic nitrogens is 2. The summed E-state index contributed by atoms with van der Waals surface area (Å²) in [7, 11) is 3.91. The first-order valence-electron chi connectivity index (χ1n) is 4.18. The monoisotopic (exact) mass is 530 g/mol. The van der Waals surface area contributed by atoms with E-state index in [1.54, 1.807) is 0 Å². The maximum atomic E-state index is 4.40. The molecule has 0 saturated heterocycles. The molecule has 0 amide bonds. The van der Waals surface area contributed by atoms with Crippen LogP contribution in [0.1, 0.15) is 17.8 Å². The van der Waals surface area contributed by atoms with Crippen molar-refractivity contribution in [1.29, 1.82) is 0 Å². The van der Waals surface area contributed by atoms with Gasteiger partial charge in [0.2, 0.25) is 0 Å². The van der Waals surface area contributed by atoms with E-state index < -0.39 is 0 Å². The van der Waals surface area contributed by atoms with Gasteiger partial charge in [0.15, 0.2) is 0 Å². The third-order valence-electron chi connectivity index (χ3n) is 2.09. The van der Waals surface area contributed by atoms with Crippen LogP contribution in [0.2, 0.25) is 0 Å². The van der Waals surface area contributed by atoms with Gasteiger partial charge < -0.3 is 4.90 Å². The molecule has 76 valence electrons. The summed E-state index contributed by atoms with van der Waals surface area (Å²) in [5.74, 6) is 0.959. The molecule has 0 fully saturated rings. The van der Waals surface area contributed by atoms with Crippen molar-refractivity contribution in [3.05, 3.63) is 24.6 Å². The fourth-order valence-electron chi connectivity index (χ4n) is 1.46. The summed E-state index contributed by atoms with van der Waals surface area (Å²) in [6.07, 6.45) is 3.99. The van der Waals surface area contributed by atoms with Crippen LogP contribution in [0.25, 0.3) is 0 Å². The van der Waals surface area contributed by atoms with Crippen LogP contribution >= 0.6 is 0 Å². The van der Waals surface area contributed by atoms with E-state index in [1.165, 1.54) is 0 Å². The molecule has 2 rings (SSSR count). The number of anilines is 1. The van der Waals surface area contributed by atoms with Crippen molar-refractivity contribution in [2.45, 2.75) is 19.8 Å². The predicted octanol–water partition coefficient (Wildman–Crippen LogP) is 1.32. The second-order valence-electron chi connectivity index (χ2n) is 3.15. The topological polar surface area (TPSA) is 29.0 Å². The standard InChI is InChI=1S/C9H12N3.2W/c1-7-6-10-8-4-3-5-12(2)9(8)11-7;;/h6H,2-5H2,1H3;;/q-1;;. The molecule has 2 heterocycles. The van der Waals surface area contributed by atoms with Gasteiger partial charge in [-0.25, -0.2) is 4.98 Å². The molecule has 0 aliphatic carbocycles. The predicted molar refractivity (Wildman–Crippen MR) is 47.8 cm³/mol. The number of fused-ring (bicyclic) bond motifs is 1. The minimum atomic E-state index is 0. The number of hydrogen-bond acceptors (Lipinski definition) is 3. The van der Waals surface area contributed by atoms with Crippen molar-refractivity contribution >= 4 is 5.82 Å². The number of hydrogen-bond donors (Lipinski definition) is 0. The Balaban J connectivity index is 0.000000845. The normalized spacial score (nSPS) is 13.7. The Kier molecular flexibility index (Phi) is 6.08. The van der Waals surface area contributed by atoms with Crippen LogP contribution in [0.15, 0.2) is 6.20 Å². The Morgan fingerprint density at radius 1 is 1.43 bits per heavy atom. The van der Waals surface area contributed by atoms with Crippen LogP contribution in [-0.2, 0) is 48.6 Å². The van der Waals surface area contributed by atoms with E-state index in [2.05, 4.69) is 17.0 Å². The zero-order valence-corrected chi connectivity index (χ0v) is 13.9. The van der Waals surface area contributed by atoms with Crippen LogP contribution in [0.4, 0.5) is 5.82 Å². The Labute approximate surface area is 113 Å². The smallest absolute Gasteiger partial charge is 0.121 e. The fourth-order valence-corrected chi connectivity index (χ4v) is 1.46. The molecule has 0 aromatic carbocycles. The first-order chi connectivity index (χ1) is 5.77. The molecule has 1 aromatic heterocycles. The zero-order valence-electron chi connectivity index (χ0n) is 8.06. The third kappa shape index (κ3) is 2.87. The van der Waals surface area contributed by atoms with Crippen molar-refractivity contribution in [2.75, 3.05) is 11.4 Å². The SMILES string of the molecule is [CH2-]N1CCCc2ncc(C)nc21.[W].[W]. The van der Waals surface area contributed by atoms with Gasteiger partial charge in [0.1, 0.15) is 5.82 Å². The van der Waals surface area contributed by atoms with Gasteiger partial charge in [0, 0.05) is 48.3 Å². The molecule has 0 N–H and O–H groups in total. The molecular weight excluding hydrogens is 518 g/mol. The Bertz CT molecular complexity index is 304. The van der Waals surface area contributed by atoms with Crippen molar-refractivity contribution in [2.24, 2.45) is 0 Å². The maximum Gasteiger partial charge on any atom is 0.121 e. The molecule has 14 heavy (non-hydrogen) atoms. The van der Waals surface area contributed by atoms with Crippen LogP contribution in [0.5, 0.6) is 0 Å². The minimum absolute atomic E-state index is 0. The van der Waals surface area contributed by atoms with Gasteiger partial charge in [-0.05, 0) is 26.3 Å². The number of nitrogens with zero attached hydrogens (tertiary/aromatic N) is 3. The molecule has 0 radical (unpaired) electrons. The first-order valence-corrected chi connectivity index (χ1v) is 4.18. The van der Waals surface area contributed by atoms with E-state index in [4.69, 9.17) is 0 Å². The van der Waals surface area contributed by atoms with E-state index >= 15 is 0 Å². The van der Waals surface area contributed by atoms with Crippen molar-refractivity contribution in [3.63, 3.8) is 0 Å². The average molecular weight is 530 g/mol. The third-order valence-corrected chi connectivity index (χ3v) is 2.09. The molecule has 0 unspecified atom stereocenters. The molecule has 0 spiro atoms. The summed E-state index contributed by atoms with van der Waals surface area (Å²) in [6.45, 7) is 2.95. The summed E-state index contributed by atoms with van der Waals surface area (Å²) in [5, 5.41) is 0. The summed E-state index contributed by atoms with van der Waals surface area (Å²) in [6, 6.07) is 0. The van der Waals surface area contributed by atoms with Crippen LogP contribution < -0.4 is 4.90 Å². The van der Waals surface area contributed by atoms with Gasteiger partial charge in [0.25, 0.3) is 0 Å². The van der Waals surface area contributed by atoms with Gasteiger partial charge >= 0.3 is 0 Å². The van der Waals surface area contributed by atoms with E-state index in [-0.39, 0.29) is 42.1 Å². The molecule has 1 aliphatic heterocycles. The van der Waals surface area contributed by atoms with Gasteiger partial charge in [-0.1, -0.05) is 0 Å². The Morgan fingerprint density at radius 3 is 2.86 bits per heavy atom. The van der Waals surface area contributed by atoms with Crippen LogP contribution in [-0.4, -0.2) is 16.5 Å². The van der Waals surface area contributed by atoms with E-state index in [0.717, 1.165) is 36.6 Å². The summed E-state index contributed by atoms with van der Waals surface area (Å²) >= 11 is 0. The molecule has 1 aromatic rings. The van der Waals surface area contributed by atoms with E-state index in [1.807, 2.05) is 18.0 Å². The zero-order chi connectivity index (χ0) is 8.55. The summed E-state index contributed by atoms with van der Waals surface area (Å²) < 4.78 is 0. The average Bonchev–Trinajstić information content (AvgIpc) is 2.07. The van der Waals surface area contributed by atoms with Crippen LogP contribution in [0, 0.1) is 14.0 Å². The van der Waals surface area contributed by atoms with Gasteiger partial charge in [-0.15, -0.1) is 0 Å². The molecule has 0 atom stereocenters. The summed E-state index contributed by atoms with van der Waals surface area (Å²) in [4.78, 5) is 10.7. The number of rotatable bonds is 0. The second-order valence-corrected chi connectivity index (χ2v) is 3.15. The van der Waals surface area contributed by atoms with Crippen molar-refractivity contribution in [1.82, 2.24) is 9.97 Å². The quantitative estimate of drug-likeness (QED) is 0.475. The molecule has 5 heteroatoms. The first kappa shape index (κ1) is 14.3. The Morgan fingerprint density at radius 2 is 2.14 bits per heavy atom. The second kappa shape index (κ2) is 5.97. The minimum Gasteiger partial charge on any atom is -0.508 e. The molecular formula is C9H12N3W2-. The Hall–Kier alpha value is 0.257. The van der Waals surface area contributed by atoms with Gasteiger partial charge in [0.05, 0.1) is 11.4 Å². The maximum absolute atomic E-state index is 4.40. The van der Waals surface area contributed by atoms with E-state index in [0.29, 0.717) is 0 Å². The fraction of sp³-hybridized carbons (Fsp3) is 0.444. The summed E-state index contributed by atoms with van der Waals surface area (Å²) in [5.41, 5.74) is 2.05. The largest absolute Gasteiger partial charge is 0.508 e. The van der Waals surface area contributed by atoms with Gasteiger partial charge in [-0.3, -0.25) is 12.0 Å². The van der Waals surface area contributed by atoms with E-state index in [9.17, 15) is 0 Å².